The number of amides is 2. The average molecular weight is 506 g/mol. The molecule has 0 radical (unpaired) electrons. The van der Waals surface area contributed by atoms with Gasteiger partial charge in [0.1, 0.15) is 6.04 Å². The molecule has 2 unspecified atom stereocenters. The minimum Gasteiger partial charge on any atom is -0.344 e. The van der Waals surface area contributed by atoms with E-state index in [1.54, 1.807) is 0 Å². The average Bonchev–Trinajstić information content (AvgIpc) is 3.43. The fraction of sp³-hybridized carbons (Fsp3) is 0.594. The summed E-state index contributed by atoms with van der Waals surface area (Å²) in [6, 6.07) is 10.3. The Labute approximate surface area is 224 Å². The van der Waals surface area contributed by atoms with Gasteiger partial charge in [0, 0.05) is 30.4 Å². The van der Waals surface area contributed by atoms with Crippen LogP contribution in [0.5, 0.6) is 0 Å². The Balaban J connectivity index is 0.00000186. The number of hydrogen-bond acceptors (Lipinski definition) is 3. The molecule has 2 atom stereocenters. The zero-order chi connectivity index (χ0) is 26.9. The van der Waals surface area contributed by atoms with Gasteiger partial charge in [-0.05, 0) is 60.3 Å². The lowest BCUT2D eigenvalue weighted by Gasteiger charge is -2.35. The van der Waals surface area contributed by atoms with Gasteiger partial charge in [-0.25, -0.2) is 0 Å². The highest BCUT2D eigenvalue weighted by Crippen LogP contribution is 2.37. The highest BCUT2D eigenvalue weighted by molar-refractivity contribution is 5.89. The summed E-state index contributed by atoms with van der Waals surface area (Å²) in [7, 11) is 0. The summed E-state index contributed by atoms with van der Waals surface area (Å²) in [6.45, 7) is 12.9. The maximum absolute atomic E-state index is 14.0. The Morgan fingerprint density at radius 3 is 2.32 bits per heavy atom. The van der Waals surface area contributed by atoms with Gasteiger partial charge in [0.2, 0.25) is 11.8 Å². The summed E-state index contributed by atoms with van der Waals surface area (Å²) in [4.78, 5) is 33.3. The summed E-state index contributed by atoms with van der Waals surface area (Å²) < 4.78 is 0. The van der Waals surface area contributed by atoms with E-state index >= 15 is 0 Å². The Hall–Kier alpha value is -2.69. The molecule has 1 aliphatic carbocycles. The Bertz CT molecular complexity index is 1030. The number of nitrogens with zero attached hydrogens (tertiary/aromatic N) is 2. The van der Waals surface area contributed by atoms with Crippen LogP contribution < -0.4 is 5.32 Å². The lowest BCUT2D eigenvalue weighted by Crippen LogP contribution is -2.53. The molecule has 2 aromatic rings. The predicted molar refractivity (Wildman–Crippen MR) is 152 cm³/mol. The summed E-state index contributed by atoms with van der Waals surface area (Å²) in [5, 5.41) is 3.15. The van der Waals surface area contributed by atoms with Crippen molar-refractivity contribution in [3.05, 3.63) is 53.9 Å². The molecule has 2 aliphatic rings. The van der Waals surface area contributed by atoms with E-state index in [4.69, 9.17) is 0 Å². The van der Waals surface area contributed by atoms with Crippen molar-refractivity contribution in [2.24, 2.45) is 11.8 Å². The number of carbonyl (C=O) groups is 2. The number of benzene rings is 1. The van der Waals surface area contributed by atoms with Gasteiger partial charge >= 0.3 is 0 Å². The van der Waals surface area contributed by atoms with Gasteiger partial charge in [-0.3, -0.25) is 14.6 Å². The van der Waals surface area contributed by atoms with E-state index in [-0.39, 0.29) is 29.7 Å². The molecule has 1 aliphatic heterocycles. The molecule has 1 aromatic carbocycles. The number of pyridine rings is 1. The topological polar surface area (TPSA) is 62.3 Å². The fourth-order valence-corrected chi connectivity index (χ4v) is 5.77. The third-order valence-corrected chi connectivity index (χ3v) is 7.78. The zero-order valence-electron chi connectivity index (χ0n) is 23.8. The molecule has 37 heavy (non-hydrogen) atoms. The van der Waals surface area contributed by atoms with E-state index in [9.17, 15) is 9.59 Å². The maximum atomic E-state index is 14.0. The number of carbonyl (C=O) groups excluding carboxylic acids is 2. The van der Waals surface area contributed by atoms with E-state index in [1.807, 2.05) is 45.0 Å². The van der Waals surface area contributed by atoms with Gasteiger partial charge in [0.15, 0.2) is 0 Å². The quantitative estimate of drug-likeness (QED) is 0.430. The minimum atomic E-state index is -0.427. The molecular formula is C32H47N3O2. The first-order valence-corrected chi connectivity index (χ1v) is 14.5. The van der Waals surface area contributed by atoms with Crippen LogP contribution in [0.1, 0.15) is 110 Å². The van der Waals surface area contributed by atoms with Gasteiger partial charge < -0.3 is 10.2 Å². The molecule has 5 heteroatoms. The molecule has 1 aromatic heterocycles. The molecule has 0 bridgehead atoms. The van der Waals surface area contributed by atoms with Gasteiger partial charge in [-0.1, -0.05) is 85.1 Å². The second kappa shape index (κ2) is 13.7. The summed E-state index contributed by atoms with van der Waals surface area (Å²) >= 11 is 0. The van der Waals surface area contributed by atoms with Crippen molar-refractivity contribution in [1.29, 1.82) is 0 Å². The molecule has 1 saturated heterocycles. The molecular weight excluding hydrogens is 458 g/mol. The molecule has 0 spiro atoms. The van der Waals surface area contributed by atoms with Crippen molar-refractivity contribution in [3.8, 4) is 11.1 Å². The van der Waals surface area contributed by atoms with Crippen molar-refractivity contribution in [2.75, 3.05) is 6.54 Å². The van der Waals surface area contributed by atoms with E-state index in [0.29, 0.717) is 5.92 Å². The van der Waals surface area contributed by atoms with Crippen LogP contribution in [0.4, 0.5) is 0 Å². The SMILES string of the molecule is CC.CC(C)C(=O)NC(C(=O)N1CCCC1c1cncc(-c2ccccc2C(C)C)c1)C1CCCCC1. The lowest BCUT2D eigenvalue weighted by atomic mass is 9.83. The highest BCUT2D eigenvalue weighted by atomic mass is 16.2. The molecule has 2 amide bonds. The van der Waals surface area contributed by atoms with Gasteiger partial charge in [0.05, 0.1) is 6.04 Å². The minimum absolute atomic E-state index is 0.00297. The van der Waals surface area contributed by atoms with Crippen LogP contribution in [0.2, 0.25) is 0 Å². The normalized spacial score (nSPS) is 18.9. The second-order valence-electron chi connectivity index (χ2n) is 11.0. The summed E-state index contributed by atoms with van der Waals surface area (Å²) in [5.74, 6) is 0.563. The van der Waals surface area contributed by atoms with Crippen LogP contribution in [0, 0.1) is 11.8 Å². The Kier molecular flexibility index (Phi) is 10.7. The van der Waals surface area contributed by atoms with Crippen LogP contribution in [-0.2, 0) is 9.59 Å². The molecule has 202 valence electrons. The smallest absolute Gasteiger partial charge is 0.245 e. The largest absolute Gasteiger partial charge is 0.344 e. The number of aromatic nitrogens is 1. The zero-order valence-corrected chi connectivity index (χ0v) is 23.8. The molecule has 5 nitrogen and oxygen atoms in total. The third kappa shape index (κ3) is 7.00. The van der Waals surface area contributed by atoms with E-state index in [2.05, 4.69) is 54.5 Å². The van der Waals surface area contributed by atoms with Crippen LogP contribution in [0.25, 0.3) is 11.1 Å². The predicted octanol–water partition coefficient (Wildman–Crippen LogP) is 7.28. The van der Waals surface area contributed by atoms with Gasteiger partial charge in [-0.2, -0.15) is 0 Å². The monoisotopic (exact) mass is 505 g/mol. The van der Waals surface area contributed by atoms with Gasteiger partial charge in [0.25, 0.3) is 0 Å². The van der Waals surface area contributed by atoms with E-state index in [1.165, 1.54) is 17.5 Å². The van der Waals surface area contributed by atoms with Crippen molar-refractivity contribution in [2.45, 2.75) is 104 Å². The number of nitrogens with one attached hydrogen (secondary N) is 1. The molecule has 2 fully saturated rings. The van der Waals surface area contributed by atoms with Crippen molar-refractivity contribution < 1.29 is 9.59 Å². The van der Waals surface area contributed by atoms with Crippen LogP contribution in [-0.4, -0.2) is 34.3 Å². The molecule has 4 rings (SSSR count). The van der Waals surface area contributed by atoms with Gasteiger partial charge in [-0.15, -0.1) is 0 Å². The number of hydrogen-bond donors (Lipinski definition) is 1. The lowest BCUT2D eigenvalue weighted by molar-refractivity contribution is -0.140. The summed E-state index contributed by atoms with van der Waals surface area (Å²) in [6.07, 6.45) is 11.3. The highest BCUT2D eigenvalue weighted by Gasteiger charge is 2.39. The second-order valence-corrected chi connectivity index (χ2v) is 11.0. The van der Waals surface area contributed by atoms with Crippen molar-refractivity contribution >= 4 is 11.8 Å². The molecule has 1 N–H and O–H groups in total. The summed E-state index contributed by atoms with van der Waals surface area (Å²) in [5.41, 5.74) is 4.70. The van der Waals surface area contributed by atoms with Crippen LogP contribution >= 0.6 is 0 Å². The van der Waals surface area contributed by atoms with E-state index < -0.39 is 6.04 Å². The number of likely N-dealkylation sites (tertiary alicyclic amines) is 1. The van der Waals surface area contributed by atoms with Crippen molar-refractivity contribution in [1.82, 2.24) is 15.2 Å². The van der Waals surface area contributed by atoms with E-state index in [0.717, 1.165) is 56.2 Å². The standard InChI is InChI=1S/C30H41N3O2.C2H6/c1-20(2)25-13-8-9-14-26(25)23-17-24(19-31-18-23)27-15-10-16-33(27)30(35)28(32-29(34)21(3)4)22-11-6-5-7-12-22;1-2/h8-9,13-14,17-22,27-28H,5-7,10-12,15-16H2,1-4H3,(H,32,34);1-2H3. The van der Waals surface area contributed by atoms with Crippen LogP contribution in [0.15, 0.2) is 42.7 Å². The fourth-order valence-electron chi connectivity index (χ4n) is 5.77. The Morgan fingerprint density at radius 2 is 1.65 bits per heavy atom. The first-order valence-electron chi connectivity index (χ1n) is 14.5. The van der Waals surface area contributed by atoms with Crippen molar-refractivity contribution in [3.63, 3.8) is 0 Å². The third-order valence-electron chi connectivity index (χ3n) is 7.78. The molecule has 1 saturated carbocycles. The van der Waals surface area contributed by atoms with Crippen LogP contribution in [0.3, 0.4) is 0 Å². The first-order chi connectivity index (χ1) is 17.9. The maximum Gasteiger partial charge on any atom is 0.245 e. The Morgan fingerprint density at radius 1 is 0.946 bits per heavy atom. The molecule has 2 heterocycles. The first kappa shape index (κ1) is 28.9. The number of rotatable bonds is 7.